The van der Waals surface area contributed by atoms with E-state index in [-0.39, 0.29) is 34.5 Å². The molecule has 4 rings (SSSR count). The number of nitrogens with zero attached hydrogens (tertiary/aromatic N) is 4. The maximum atomic E-state index is 11.7. The van der Waals surface area contributed by atoms with Gasteiger partial charge in [-0.3, -0.25) is 0 Å². The molecule has 0 fully saturated rings. The molecule has 0 aliphatic carbocycles. The zero-order valence-corrected chi connectivity index (χ0v) is 25.9. The van der Waals surface area contributed by atoms with E-state index in [4.69, 9.17) is 0 Å². The number of rotatable bonds is 9. The summed E-state index contributed by atoms with van der Waals surface area (Å²) in [6.07, 6.45) is 0. The van der Waals surface area contributed by atoms with E-state index in [0.717, 1.165) is 14.7 Å². The lowest BCUT2D eigenvalue weighted by atomic mass is 9.94. The van der Waals surface area contributed by atoms with Gasteiger partial charge in [-0.2, -0.15) is 15.3 Å². The van der Waals surface area contributed by atoms with Gasteiger partial charge in [-0.25, -0.2) is 9.59 Å². The fraction of sp³-hybridized carbons (Fsp3) is 0.188. The Bertz CT molecular complexity index is 1770. The summed E-state index contributed by atoms with van der Waals surface area (Å²) in [5.74, 6) is -3.46. The average molecular weight is 693 g/mol. The third-order valence-corrected chi connectivity index (χ3v) is 7.53. The Morgan fingerprint density at radius 2 is 1.02 bits per heavy atom. The van der Waals surface area contributed by atoms with E-state index >= 15 is 0 Å². The summed E-state index contributed by atoms with van der Waals surface area (Å²) in [4.78, 5) is 23.4. The highest BCUT2D eigenvalue weighted by atomic mass is 127. The minimum atomic E-state index is -1.22. The summed E-state index contributed by atoms with van der Waals surface area (Å²) < 4.78 is 0.828. The Morgan fingerprint density at radius 1 is 0.605 bits per heavy atom. The van der Waals surface area contributed by atoms with Crippen molar-refractivity contribution in [2.45, 2.75) is 39.5 Å². The van der Waals surface area contributed by atoms with Crippen LogP contribution in [-0.2, 0) is 0 Å². The highest BCUT2D eigenvalue weighted by Crippen LogP contribution is 2.38. The van der Waals surface area contributed by atoms with Crippen LogP contribution in [0.1, 0.15) is 71.4 Å². The molecule has 0 spiro atoms. The van der Waals surface area contributed by atoms with E-state index < -0.39 is 11.9 Å². The number of azo groups is 2. The van der Waals surface area contributed by atoms with E-state index in [9.17, 15) is 30.0 Å². The SMILES string of the molecule is CC(C)c1c(N=Nc2ccc(-c3ccc(N=Nc4ccc(O)c(C(=O)O)c4C(C)C)c(I)c3)cc2)ccc(O)c1C(=O)O. The molecule has 0 saturated heterocycles. The van der Waals surface area contributed by atoms with Crippen LogP contribution in [0, 0.1) is 3.57 Å². The van der Waals surface area contributed by atoms with Gasteiger partial charge in [-0.1, -0.05) is 45.9 Å². The quantitative estimate of drug-likeness (QED) is 0.101. The molecule has 4 N–H and O–H groups in total. The maximum Gasteiger partial charge on any atom is 0.339 e. The molecule has 0 bridgehead atoms. The summed E-state index contributed by atoms with van der Waals surface area (Å²) in [7, 11) is 0. The number of halogens is 1. The van der Waals surface area contributed by atoms with E-state index in [0.29, 0.717) is 33.9 Å². The Balaban J connectivity index is 1.57. The third kappa shape index (κ3) is 6.88. The Labute approximate surface area is 261 Å². The second-order valence-electron chi connectivity index (χ2n) is 10.3. The lowest BCUT2D eigenvalue weighted by molar-refractivity contribution is 0.0680. The first-order chi connectivity index (χ1) is 20.4. The van der Waals surface area contributed by atoms with Crippen molar-refractivity contribution in [3.05, 3.63) is 92.6 Å². The van der Waals surface area contributed by atoms with Crippen LogP contribution < -0.4 is 0 Å². The van der Waals surface area contributed by atoms with Crippen molar-refractivity contribution in [3.8, 4) is 22.6 Å². The van der Waals surface area contributed by atoms with E-state index in [1.807, 2.05) is 58.0 Å². The molecule has 220 valence electrons. The van der Waals surface area contributed by atoms with Gasteiger partial charge in [0.05, 0.1) is 22.7 Å². The Kier molecular flexibility index (Phi) is 9.54. The Morgan fingerprint density at radius 3 is 1.47 bits per heavy atom. The smallest absolute Gasteiger partial charge is 0.339 e. The number of carboxylic acids is 2. The van der Waals surface area contributed by atoms with Gasteiger partial charge in [0.1, 0.15) is 22.6 Å². The monoisotopic (exact) mass is 692 g/mol. The molecule has 0 unspecified atom stereocenters. The second kappa shape index (κ2) is 13.1. The van der Waals surface area contributed by atoms with E-state index in [1.165, 1.54) is 12.1 Å². The summed E-state index contributed by atoms with van der Waals surface area (Å²) in [6.45, 7) is 7.32. The van der Waals surface area contributed by atoms with Gasteiger partial charge in [0.25, 0.3) is 0 Å². The second-order valence-corrected chi connectivity index (χ2v) is 11.5. The van der Waals surface area contributed by atoms with E-state index in [2.05, 4.69) is 43.0 Å². The van der Waals surface area contributed by atoms with Gasteiger partial charge in [0.2, 0.25) is 0 Å². The normalized spacial score (nSPS) is 11.7. The molecule has 0 aromatic heterocycles. The van der Waals surface area contributed by atoms with Crippen LogP contribution >= 0.6 is 22.6 Å². The average Bonchev–Trinajstić information content (AvgIpc) is 2.95. The first-order valence-electron chi connectivity index (χ1n) is 13.3. The fourth-order valence-corrected chi connectivity index (χ4v) is 5.32. The van der Waals surface area contributed by atoms with Gasteiger partial charge in [0.15, 0.2) is 0 Å². The van der Waals surface area contributed by atoms with Gasteiger partial charge < -0.3 is 20.4 Å². The zero-order chi connectivity index (χ0) is 31.4. The molecule has 0 aliphatic rings. The van der Waals surface area contributed by atoms with Gasteiger partial charge in [-0.15, -0.1) is 5.11 Å². The number of phenols is 2. The topological polar surface area (TPSA) is 164 Å². The molecule has 0 saturated carbocycles. The summed E-state index contributed by atoms with van der Waals surface area (Å²) in [6, 6.07) is 18.8. The van der Waals surface area contributed by atoms with Gasteiger partial charge in [-0.05, 0) is 94.1 Å². The van der Waals surface area contributed by atoms with E-state index in [1.54, 1.807) is 24.3 Å². The largest absolute Gasteiger partial charge is 0.507 e. The van der Waals surface area contributed by atoms with Crippen LogP contribution in [0.3, 0.4) is 0 Å². The molecule has 0 amide bonds. The first-order valence-corrected chi connectivity index (χ1v) is 14.4. The highest BCUT2D eigenvalue weighted by Gasteiger charge is 2.22. The molecule has 10 nitrogen and oxygen atoms in total. The van der Waals surface area contributed by atoms with Crippen molar-refractivity contribution in [1.82, 2.24) is 0 Å². The summed E-state index contributed by atoms with van der Waals surface area (Å²) >= 11 is 2.16. The lowest BCUT2D eigenvalue weighted by Crippen LogP contribution is -2.04. The van der Waals surface area contributed by atoms with Crippen molar-refractivity contribution in [2.24, 2.45) is 20.5 Å². The highest BCUT2D eigenvalue weighted by molar-refractivity contribution is 14.1. The van der Waals surface area contributed by atoms with Gasteiger partial charge in [0, 0.05) is 14.7 Å². The number of carboxylic acid groups (broad SMARTS) is 2. The number of hydrogen-bond acceptors (Lipinski definition) is 8. The number of hydrogen-bond donors (Lipinski definition) is 4. The van der Waals surface area contributed by atoms with Crippen molar-refractivity contribution in [1.29, 1.82) is 0 Å². The lowest BCUT2D eigenvalue weighted by Gasteiger charge is -2.13. The molecule has 0 aliphatic heterocycles. The third-order valence-electron chi connectivity index (χ3n) is 6.67. The molecular formula is C32H29IN4O6. The standard InChI is InChI=1S/C32H29IN4O6/c1-16(2)27-23(11-13-25(38)29(27)31(40)41)36-34-20-8-5-18(6-9-20)19-7-10-22(21(33)15-19)35-37-24-12-14-26(39)30(32(42)43)28(24)17(3)4/h5-17,38-39H,1-4H3,(H,40,41)(H,42,43). The van der Waals surface area contributed by atoms with Crippen molar-refractivity contribution >= 4 is 57.3 Å². The van der Waals surface area contributed by atoms with Crippen LogP contribution in [0.5, 0.6) is 11.5 Å². The Hall–Kier alpha value is -4.65. The number of benzene rings is 4. The molecule has 0 radical (unpaired) electrons. The molecule has 0 heterocycles. The summed E-state index contributed by atoms with van der Waals surface area (Å²) in [5.41, 5.74) is 4.25. The van der Waals surface area contributed by atoms with Crippen LogP contribution in [0.15, 0.2) is 87.2 Å². The molecule has 4 aromatic carbocycles. The zero-order valence-electron chi connectivity index (χ0n) is 23.8. The first kappa shape index (κ1) is 31.3. The van der Waals surface area contributed by atoms with Crippen LogP contribution in [0.25, 0.3) is 11.1 Å². The molecular weight excluding hydrogens is 663 g/mol. The maximum absolute atomic E-state index is 11.7. The van der Waals surface area contributed by atoms with Crippen LogP contribution in [0.4, 0.5) is 22.7 Å². The predicted octanol–water partition coefficient (Wildman–Crippen LogP) is 9.84. The van der Waals surface area contributed by atoms with Crippen LogP contribution in [0.2, 0.25) is 0 Å². The number of aromatic hydroxyl groups is 2. The van der Waals surface area contributed by atoms with Crippen molar-refractivity contribution in [2.75, 3.05) is 0 Å². The molecule has 0 atom stereocenters. The number of carbonyl (C=O) groups is 2. The summed E-state index contributed by atoms with van der Waals surface area (Å²) in [5, 5.41) is 56.5. The van der Waals surface area contributed by atoms with Crippen LogP contribution in [-0.4, -0.2) is 32.4 Å². The molecule has 4 aromatic rings. The molecule has 11 heteroatoms. The minimum absolute atomic E-state index is 0.173. The van der Waals surface area contributed by atoms with Crippen molar-refractivity contribution < 1.29 is 30.0 Å². The fourth-order valence-electron chi connectivity index (χ4n) is 4.69. The predicted molar refractivity (Wildman–Crippen MR) is 171 cm³/mol. The van der Waals surface area contributed by atoms with Crippen molar-refractivity contribution in [3.63, 3.8) is 0 Å². The van der Waals surface area contributed by atoms with Gasteiger partial charge >= 0.3 is 11.9 Å². The minimum Gasteiger partial charge on any atom is -0.507 e. The molecule has 43 heavy (non-hydrogen) atoms. The number of aromatic carboxylic acids is 2.